The van der Waals surface area contributed by atoms with Gasteiger partial charge in [0.05, 0.1) is 18.3 Å². The van der Waals surface area contributed by atoms with Crippen molar-refractivity contribution >= 4 is 28.2 Å². The lowest BCUT2D eigenvalue weighted by Crippen LogP contribution is -2.04. The van der Waals surface area contributed by atoms with Crippen molar-refractivity contribution in [3.8, 4) is 16.4 Å². The van der Waals surface area contributed by atoms with E-state index in [0.717, 1.165) is 22.2 Å². The molecule has 4 aromatic rings. The van der Waals surface area contributed by atoms with Crippen LogP contribution in [0.25, 0.3) is 27.3 Å². The Hall–Kier alpha value is -2.99. The fourth-order valence-corrected chi connectivity index (χ4v) is 3.79. The third-order valence-electron chi connectivity index (χ3n) is 4.51. The first-order valence-electron chi connectivity index (χ1n) is 8.71. The summed E-state index contributed by atoms with van der Waals surface area (Å²) in [6.07, 6.45) is 0. The van der Waals surface area contributed by atoms with Gasteiger partial charge in [0, 0.05) is 16.3 Å². The minimum Gasteiger partial charge on any atom is -0.464 e. The molecule has 0 saturated heterocycles. The van der Waals surface area contributed by atoms with Crippen LogP contribution in [0.3, 0.4) is 0 Å². The van der Waals surface area contributed by atoms with Crippen molar-refractivity contribution in [3.63, 3.8) is 0 Å². The first-order chi connectivity index (χ1) is 13.1. The van der Waals surface area contributed by atoms with Crippen LogP contribution in [0.15, 0.2) is 53.9 Å². The molecular formula is C21H19N3O2S. The molecule has 2 aromatic heterocycles. The number of fused-ring (bicyclic) bond motifs is 1. The molecule has 0 spiro atoms. The molecule has 0 aliphatic heterocycles. The third-order valence-corrected chi connectivity index (χ3v) is 5.33. The van der Waals surface area contributed by atoms with Gasteiger partial charge in [-0.3, -0.25) is 0 Å². The first-order valence-corrected chi connectivity index (χ1v) is 9.58. The Morgan fingerprint density at radius 3 is 2.56 bits per heavy atom. The summed E-state index contributed by atoms with van der Waals surface area (Å²) in [5, 5.41) is 7.94. The lowest BCUT2D eigenvalue weighted by Gasteiger charge is -2.05. The number of hydrogen-bond acceptors (Lipinski definition) is 5. The fraction of sp³-hybridized carbons (Fsp3) is 0.190. The van der Waals surface area contributed by atoms with E-state index in [1.165, 1.54) is 24.0 Å². The molecular weight excluding hydrogens is 358 g/mol. The number of nitrogens with zero attached hydrogens (tertiary/aromatic N) is 3. The molecule has 0 unspecified atom stereocenters. The molecule has 0 saturated carbocycles. The number of esters is 1. The summed E-state index contributed by atoms with van der Waals surface area (Å²) < 4.78 is 6.57. The number of aromatic nitrogens is 3. The van der Waals surface area contributed by atoms with Gasteiger partial charge in [-0.05, 0) is 17.5 Å². The van der Waals surface area contributed by atoms with Gasteiger partial charge in [-0.1, -0.05) is 56.3 Å². The summed E-state index contributed by atoms with van der Waals surface area (Å²) in [4.78, 5) is 16.8. The smallest absolute Gasteiger partial charge is 0.359 e. The Bertz CT molecular complexity index is 1110. The van der Waals surface area contributed by atoms with Crippen molar-refractivity contribution in [1.29, 1.82) is 0 Å². The van der Waals surface area contributed by atoms with Crippen LogP contribution in [0.1, 0.15) is 35.8 Å². The monoisotopic (exact) mass is 377 g/mol. The van der Waals surface area contributed by atoms with E-state index >= 15 is 0 Å². The van der Waals surface area contributed by atoms with Crippen molar-refractivity contribution in [2.75, 3.05) is 7.11 Å². The second-order valence-electron chi connectivity index (χ2n) is 6.56. The lowest BCUT2D eigenvalue weighted by atomic mass is 10.0. The van der Waals surface area contributed by atoms with Gasteiger partial charge < -0.3 is 4.74 Å². The number of thiazole rings is 1. The second kappa shape index (κ2) is 6.96. The molecule has 6 heteroatoms. The number of carbonyl (C=O) groups excluding carboxylic acids is 1. The number of rotatable bonds is 4. The topological polar surface area (TPSA) is 57.0 Å². The summed E-state index contributed by atoms with van der Waals surface area (Å²) in [7, 11) is 1.36. The van der Waals surface area contributed by atoms with E-state index < -0.39 is 5.97 Å². The third kappa shape index (κ3) is 3.13. The highest BCUT2D eigenvalue weighted by atomic mass is 32.1. The van der Waals surface area contributed by atoms with Crippen molar-refractivity contribution in [1.82, 2.24) is 14.8 Å². The second-order valence-corrected chi connectivity index (χ2v) is 7.40. The fourth-order valence-electron chi connectivity index (χ4n) is 2.99. The van der Waals surface area contributed by atoms with Gasteiger partial charge in [0.25, 0.3) is 0 Å². The quantitative estimate of drug-likeness (QED) is 0.467. The molecule has 0 aliphatic rings. The van der Waals surface area contributed by atoms with Gasteiger partial charge in [0.15, 0.2) is 5.69 Å². The average molecular weight is 377 g/mol. The van der Waals surface area contributed by atoms with Gasteiger partial charge in [0.2, 0.25) is 5.13 Å². The molecule has 0 radical (unpaired) electrons. The Morgan fingerprint density at radius 2 is 1.85 bits per heavy atom. The van der Waals surface area contributed by atoms with Crippen LogP contribution in [0.5, 0.6) is 0 Å². The first kappa shape index (κ1) is 17.4. The summed E-state index contributed by atoms with van der Waals surface area (Å²) in [6.45, 7) is 4.36. The van der Waals surface area contributed by atoms with E-state index in [-0.39, 0.29) is 0 Å². The highest BCUT2D eigenvalue weighted by molar-refractivity contribution is 7.12. The molecule has 0 amide bonds. The van der Waals surface area contributed by atoms with Gasteiger partial charge >= 0.3 is 5.97 Å². The Kier molecular flexibility index (Phi) is 4.49. The predicted octanol–water partition coefficient (Wildman–Crippen LogP) is 5.06. The van der Waals surface area contributed by atoms with E-state index in [0.29, 0.717) is 16.7 Å². The minimum absolute atomic E-state index is 0.297. The molecule has 0 bridgehead atoms. The van der Waals surface area contributed by atoms with Crippen LogP contribution in [0.2, 0.25) is 0 Å². The van der Waals surface area contributed by atoms with Crippen LogP contribution < -0.4 is 0 Å². The number of benzene rings is 2. The summed E-state index contributed by atoms with van der Waals surface area (Å²) in [5.74, 6) is 0.0447. The van der Waals surface area contributed by atoms with E-state index in [2.05, 4.69) is 43.2 Å². The number of ether oxygens (including phenoxy) is 1. The van der Waals surface area contributed by atoms with Gasteiger partial charge in [-0.25, -0.2) is 14.5 Å². The number of para-hydroxylation sites is 1. The number of hydrogen-bond donors (Lipinski definition) is 0. The van der Waals surface area contributed by atoms with Crippen molar-refractivity contribution in [3.05, 3.63) is 65.2 Å². The summed E-state index contributed by atoms with van der Waals surface area (Å²) in [6, 6.07) is 16.0. The lowest BCUT2D eigenvalue weighted by molar-refractivity contribution is 0.0595. The molecule has 0 N–H and O–H groups in total. The normalized spacial score (nSPS) is 11.3. The average Bonchev–Trinajstić information content (AvgIpc) is 3.32. The van der Waals surface area contributed by atoms with Crippen molar-refractivity contribution in [2.24, 2.45) is 0 Å². The van der Waals surface area contributed by atoms with Crippen LogP contribution in [-0.4, -0.2) is 27.8 Å². The van der Waals surface area contributed by atoms with Gasteiger partial charge in [-0.2, -0.15) is 5.10 Å². The predicted molar refractivity (Wildman–Crippen MR) is 108 cm³/mol. The maximum atomic E-state index is 12.1. The Labute approximate surface area is 161 Å². The molecule has 136 valence electrons. The molecule has 27 heavy (non-hydrogen) atoms. The minimum atomic E-state index is -0.453. The molecule has 0 aliphatic carbocycles. The van der Waals surface area contributed by atoms with Crippen LogP contribution in [0, 0.1) is 0 Å². The SMILES string of the molecule is COC(=O)c1nn(-c2nc(-c3ccc(C(C)C)cc3)cs2)c2ccccc12. The Balaban J connectivity index is 1.76. The van der Waals surface area contributed by atoms with E-state index in [4.69, 9.17) is 9.72 Å². The zero-order valence-electron chi connectivity index (χ0n) is 15.3. The molecule has 5 nitrogen and oxygen atoms in total. The van der Waals surface area contributed by atoms with Crippen molar-refractivity contribution < 1.29 is 9.53 Å². The number of carbonyl (C=O) groups is 1. The maximum Gasteiger partial charge on any atom is 0.359 e. The molecule has 0 fully saturated rings. The summed E-state index contributed by atoms with van der Waals surface area (Å²) in [5.41, 5.74) is 4.38. The highest BCUT2D eigenvalue weighted by Crippen LogP contribution is 2.28. The molecule has 2 aromatic carbocycles. The Morgan fingerprint density at radius 1 is 1.11 bits per heavy atom. The zero-order chi connectivity index (χ0) is 19.0. The van der Waals surface area contributed by atoms with Crippen LogP contribution >= 0.6 is 11.3 Å². The van der Waals surface area contributed by atoms with E-state index in [9.17, 15) is 4.79 Å². The molecule has 2 heterocycles. The molecule has 0 atom stereocenters. The van der Waals surface area contributed by atoms with Crippen LogP contribution in [-0.2, 0) is 4.74 Å². The van der Waals surface area contributed by atoms with E-state index in [1.807, 2.05) is 29.6 Å². The van der Waals surface area contributed by atoms with Gasteiger partial charge in [-0.15, -0.1) is 11.3 Å². The van der Waals surface area contributed by atoms with Crippen LogP contribution in [0.4, 0.5) is 0 Å². The standard InChI is InChI=1S/C21H19N3O2S/c1-13(2)14-8-10-15(11-9-14)17-12-27-21(22-17)24-18-7-5-4-6-16(18)19(23-24)20(25)26-3/h4-13H,1-3H3. The largest absolute Gasteiger partial charge is 0.464 e. The van der Waals surface area contributed by atoms with Gasteiger partial charge in [0.1, 0.15) is 0 Å². The zero-order valence-corrected chi connectivity index (χ0v) is 16.2. The maximum absolute atomic E-state index is 12.1. The number of methoxy groups -OCH3 is 1. The summed E-state index contributed by atoms with van der Waals surface area (Å²) >= 11 is 1.49. The highest BCUT2D eigenvalue weighted by Gasteiger charge is 2.19. The molecule has 4 rings (SSSR count). The van der Waals surface area contributed by atoms with Crippen molar-refractivity contribution in [2.45, 2.75) is 19.8 Å². The van der Waals surface area contributed by atoms with E-state index in [1.54, 1.807) is 4.68 Å².